The molecule has 0 fully saturated rings. The molecule has 0 saturated heterocycles. The molecule has 0 spiro atoms. The van der Waals surface area contributed by atoms with E-state index in [9.17, 15) is 13.2 Å². The highest BCUT2D eigenvalue weighted by Crippen LogP contribution is 2.20. The van der Waals surface area contributed by atoms with Crippen LogP contribution in [-0.2, 0) is 0 Å². The summed E-state index contributed by atoms with van der Waals surface area (Å²) in [5, 5.41) is 7.28. The zero-order chi connectivity index (χ0) is 12.2. The minimum absolute atomic E-state index is 0.0949. The summed E-state index contributed by atoms with van der Waals surface area (Å²) in [6.07, 6.45) is -2.79. The fraction of sp³-hybridized carbons (Fsp3) is 0.556. The van der Waals surface area contributed by atoms with E-state index in [1.54, 1.807) is 13.0 Å². The average Bonchev–Trinajstić information content (AvgIpc) is 2.15. The maximum absolute atomic E-state index is 12.3. The molecule has 1 rings (SSSR count). The predicted molar refractivity (Wildman–Crippen MR) is 54.1 cm³/mol. The highest BCUT2D eigenvalue weighted by molar-refractivity contribution is 5.39. The van der Waals surface area contributed by atoms with E-state index < -0.39 is 12.7 Å². The Hall–Kier alpha value is -1.37. The quantitative estimate of drug-likeness (QED) is 0.848. The van der Waals surface area contributed by atoms with E-state index in [4.69, 9.17) is 5.73 Å². The van der Waals surface area contributed by atoms with Crippen molar-refractivity contribution in [3.05, 3.63) is 17.8 Å². The van der Waals surface area contributed by atoms with Crippen molar-refractivity contribution in [1.82, 2.24) is 10.2 Å². The van der Waals surface area contributed by atoms with Crippen LogP contribution in [0.5, 0.6) is 0 Å². The number of hydrogen-bond donors (Lipinski definition) is 1. The SMILES string of the molecule is Cc1cnnc(N(CCN)CC(F)(F)F)c1. The number of halogens is 3. The maximum atomic E-state index is 12.3. The summed E-state index contributed by atoms with van der Waals surface area (Å²) in [5.74, 6) is 0.197. The summed E-state index contributed by atoms with van der Waals surface area (Å²) >= 11 is 0. The van der Waals surface area contributed by atoms with Gasteiger partial charge in [0.15, 0.2) is 5.82 Å². The lowest BCUT2D eigenvalue weighted by molar-refractivity contribution is -0.119. The van der Waals surface area contributed by atoms with Gasteiger partial charge >= 0.3 is 6.18 Å². The van der Waals surface area contributed by atoms with Gasteiger partial charge in [-0.15, -0.1) is 5.10 Å². The summed E-state index contributed by atoms with van der Waals surface area (Å²) in [6, 6.07) is 1.55. The third-order valence-electron chi connectivity index (χ3n) is 1.87. The van der Waals surface area contributed by atoms with Crippen molar-refractivity contribution in [2.75, 3.05) is 24.5 Å². The van der Waals surface area contributed by atoms with Crippen LogP contribution < -0.4 is 10.6 Å². The molecular weight excluding hydrogens is 221 g/mol. The van der Waals surface area contributed by atoms with Crippen LogP contribution in [0, 0.1) is 6.92 Å². The lowest BCUT2D eigenvalue weighted by atomic mass is 10.3. The highest BCUT2D eigenvalue weighted by Gasteiger charge is 2.31. The molecule has 2 N–H and O–H groups in total. The average molecular weight is 234 g/mol. The molecule has 1 aromatic heterocycles. The van der Waals surface area contributed by atoms with Gasteiger partial charge in [0.05, 0.1) is 6.20 Å². The van der Waals surface area contributed by atoms with Crippen LogP contribution in [-0.4, -0.2) is 36.0 Å². The molecule has 0 aliphatic carbocycles. The first-order chi connectivity index (χ1) is 7.42. The summed E-state index contributed by atoms with van der Waals surface area (Å²) in [7, 11) is 0. The zero-order valence-corrected chi connectivity index (χ0v) is 8.83. The van der Waals surface area contributed by atoms with Gasteiger partial charge in [-0.3, -0.25) is 0 Å². The van der Waals surface area contributed by atoms with Gasteiger partial charge in [-0.1, -0.05) is 0 Å². The van der Waals surface area contributed by atoms with Gasteiger partial charge in [-0.2, -0.15) is 18.3 Å². The summed E-state index contributed by atoms with van der Waals surface area (Å²) in [5.41, 5.74) is 6.02. The van der Waals surface area contributed by atoms with Crippen LogP contribution in [0.15, 0.2) is 12.3 Å². The van der Waals surface area contributed by atoms with Crippen LogP contribution in [0.2, 0.25) is 0 Å². The van der Waals surface area contributed by atoms with Crippen molar-refractivity contribution < 1.29 is 13.2 Å². The summed E-state index contributed by atoms with van der Waals surface area (Å²) < 4.78 is 36.9. The third kappa shape index (κ3) is 4.01. The number of nitrogens with zero attached hydrogens (tertiary/aromatic N) is 3. The summed E-state index contributed by atoms with van der Waals surface area (Å²) in [4.78, 5) is 1.07. The standard InChI is InChI=1S/C9H13F3N4/c1-7-4-8(15-14-5-7)16(3-2-13)6-9(10,11)12/h4-5H,2-3,6,13H2,1H3. The monoisotopic (exact) mass is 234 g/mol. The molecule has 0 amide bonds. The van der Waals surface area contributed by atoms with Crippen molar-refractivity contribution in [1.29, 1.82) is 0 Å². The first-order valence-electron chi connectivity index (χ1n) is 4.73. The van der Waals surface area contributed by atoms with Gasteiger partial charge in [0, 0.05) is 13.1 Å². The second-order valence-corrected chi connectivity index (χ2v) is 3.42. The van der Waals surface area contributed by atoms with Crippen molar-refractivity contribution in [3.63, 3.8) is 0 Å². The topological polar surface area (TPSA) is 55.0 Å². The molecule has 16 heavy (non-hydrogen) atoms. The highest BCUT2D eigenvalue weighted by atomic mass is 19.4. The minimum Gasteiger partial charge on any atom is -0.345 e. The number of hydrogen-bond acceptors (Lipinski definition) is 4. The van der Waals surface area contributed by atoms with Crippen LogP contribution in [0.3, 0.4) is 0 Å². The van der Waals surface area contributed by atoms with Crippen LogP contribution in [0.25, 0.3) is 0 Å². The molecule has 1 heterocycles. The van der Waals surface area contributed by atoms with Crippen LogP contribution in [0.4, 0.5) is 19.0 Å². The Kier molecular flexibility index (Phi) is 4.05. The molecule has 1 aromatic rings. The van der Waals surface area contributed by atoms with Gasteiger partial charge in [-0.25, -0.2) is 0 Å². The van der Waals surface area contributed by atoms with E-state index in [2.05, 4.69) is 10.2 Å². The van der Waals surface area contributed by atoms with Crippen molar-refractivity contribution in [3.8, 4) is 0 Å². The van der Waals surface area contributed by atoms with E-state index in [0.29, 0.717) is 0 Å². The Balaban J connectivity index is 2.85. The lowest BCUT2D eigenvalue weighted by Crippen LogP contribution is -2.38. The Morgan fingerprint density at radius 2 is 2.12 bits per heavy atom. The normalized spacial score (nSPS) is 11.6. The van der Waals surface area contributed by atoms with E-state index in [0.717, 1.165) is 10.5 Å². The number of alkyl halides is 3. The molecule has 0 atom stereocenters. The van der Waals surface area contributed by atoms with Crippen LogP contribution in [0.1, 0.15) is 5.56 Å². The number of nitrogens with two attached hydrogens (primary N) is 1. The van der Waals surface area contributed by atoms with E-state index in [1.807, 2.05) is 0 Å². The van der Waals surface area contributed by atoms with Crippen LogP contribution >= 0.6 is 0 Å². The number of aryl methyl sites for hydroxylation is 1. The summed E-state index contributed by atoms with van der Waals surface area (Å²) in [6.45, 7) is 0.901. The van der Waals surface area contributed by atoms with E-state index >= 15 is 0 Å². The Labute approximate surface area is 91.3 Å². The van der Waals surface area contributed by atoms with Crippen molar-refractivity contribution >= 4 is 5.82 Å². The molecule has 4 nitrogen and oxygen atoms in total. The first kappa shape index (κ1) is 12.7. The van der Waals surface area contributed by atoms with Gasteiger partial charge in [-0.05, 0) is 18.6 Å². The fourth-order valence-electron chi connectivity index (χ4n) is 1.25. The first-order valence-corrected chi connectivity index (χ1v) is 4.73. The Morgan fingerprint density at radius 1 is 1.44 bits per heavy atom. The van der Waals surface area contributed by atoms with Gasteiger partial charge in [0.25, 0.3) is 0 Å². The molecule has 0 aromatic carbocycles. The molecular formula is C9H13F3N4. The molecule has 0 radical (unpaired) electrons. The second-order valence-electron chi connectivity index (χ2n) is 3.42. The largest absolute Gasteiger partial charge is 0.405 e. The molecule has 0 unspecified atom stereocenters. The fourth-order valence-corrected chi connectivity index (χ4v) is 1.25. The number of anilines is 1. The van der Waals surface area contributed by atoms with Crippen molar-refractivity contribution in [2.45, 2.75) is 13.1 Å². The number of rotatable bonds is 4. The maximum Gasteiger partial charge on any atom is 0.405 e. The molecule has 0 saturated carbocycles. The molecule has 0 aliphatic rings. The van der Waals surface area contributed by atoms with Gasteiger partial charge < -0.3 is 10.6 Å². The zero-order valence-electron chi connectivity index (χ0n) is 8.83. The molecule has 90 valence electrons. The molecule has 0 aliphatic heterocycles. The smallest absolute Gasteiger partial charge is 0.345 e. The minimum atomic E-state index is -4.28. The second kappa shape index (κ2) is 5.11. The Bertz CT molecular complexity index is 340. The molecule has 7 heteroatoms. The lowest BCUT2D eigenvalue weighted by Gasteiger charge is -2.23. The number of aromatic nitrogens is 2. The Morgan fingerprint density at radius 3 is 2.62 bits per heavy atom. The predicted octanol–water partition coefficient (Wildman–Crippen LogP) is 1.11. The van der Waals surface area contributed by atoms with E-state index in [1.165, 1.54) is 6.20 Å². The van der Waals surface area contributed by atoms with Crippen molar-refractivity contribution in [2.24, 2.45) is 5.73 Å². The van der Waals surface area contributed by atoms with Gasteiger partial charge in [0.1, 0.15) is 6.54 Å². The van der Waals surface area contributed by atoms with E-state index in [-0.39, 0.29) is 18.9 Å². The van der Waals surface area contributed by atoms with Gasteiger partial charge in [0.2, 0.25) is 0 Å². The third-order valence-corrected chi connectivity index (χ3v) is 1.87. The molecule has 0 bridgehead atoms.